The van der Waals surface area contributed by atoms with E-state index in [0.29, 0.717) is 5.69 Å². The first kappa shape index (κ1) is 11.4. The molecule has 1 saturated heterocycles. The van der Waals surface area contributed by atoms with Crippen LogP contribution >= 0.6 is 11.3 Å². The number of anilines is 1. The summed E-state index contributed by atoms with van der Waals surface area (Å²) in [7, 11) is 0. The highest BCUT2D eigenvalue weighted by Crippen LogP contribution is 2.28. The van der Waals surface area contributed by atoms with Gasteiger partial charge < -0.3 is 10.0 Å². The van der Waals surface area contributed by atoms with Gasteiger partial charge in [0, 0.05) is 18.5 Å². The Hall–Kier alpha value is -1.10. The second-order valence-corrected chi connectivity index (χ2v) is 5.04. The number of carboxylic acids is 1. The summed E-state index contributed by atoms with van der Waals surface area (Å²) in [6.45, 7) is 4.33. The molecule has 5 heteroatoms. The summed E-state index contributed by atoms with van der Waals surface area (Å²) in [5.74, 6) is -0.0449. The van der Waals surface area contributed by atoms with E-state index in [-0.39, 0.29) is 6.42 Å². The van der Waals surface area contributed by atoms with Gasteiger partial charge in [-0.1, -0.05) is 13.3 Å². The highest BCUT2D eigenvalue weighted by atomic mass is 32.1. The van der Waals surface area contributed by atoms with Crippen LogP contribution in [-0.4, -0.2) is 29.1 Å². The highest BCUT2D eigenvalue weighted by molar-refractivity contribution is 7.13. The van der Waals surface area contributed by atoms with Crippen molar-refractivity contribution in [3.63, 3.8) is 0 Å². The molecule has 0 radical (unpaired) electrons. The predicted molar refractivity (Wildman–Crippen MR) is 64.1 cm³/mol. The third kappa shape index (κ3) is 2.52. The molecule has 1 N–H and O–H groups in total. The minimum atomic E-state index is -0.815. The summed E-state index contributed by atoms with van der Waals surface area (Å²) in [6, 6.07) is 0. The van der Waals surface area contributed by atoms with E-state index in [2.05, 4.69) is 16.8 Å². The lowest BCUT2D eigenvalue weighted by molar-refractivity contribution is -0.136. The van der Waals surface area contributed by atoms with Crippen molar-refractivity contribution in [3.8, 4) is 0 Å². The second-order valence-electron chi connectivity index (χ2n) is 4.20. The Labute approximate surface area is 98.9 Å². The molecule has 2 heterocycles. The topological polar surface area (TPSA) is 53.4 Å². The lowest BCUT2D eigenvalue weighted by Crippen LogP contribution is -2.19. The van der Waals surface area contributed by atoms with Crippen LogP contribution in [-0.2, 0) is 11.2 Å². The Morgan fingerprint density at radius 3 is 3.19 bits per heavy atom. The fraction of sp³-hybridized carbons (Fsp3) is 0.636. The van der Waals surface area contributed by atoms with Crippen LogP contribution in [0.1, 0.15) is 25.5 Å². The molecular formula is C11H16N2O2S. The summed E-state index contributed by atoms with van der Waals surface area (Å²) in [4.78, 5) is 17.2. The van der Waals surface area contributed by atoms with Gasteiger partial charge in [-0.25, -0.2) is 4.98 Å². The average Bonchev–Trinajstić information content (AvgIpc) is 2.83. The number of thiazole rings is 1. The van der Waals surface area contributed by atoms with Crippen molar-refractivity contribution in [3.05, 3.63) is 11.1 Å². The van der Waals surface area contributed by atoms with Crippen molar-refractivity contribution in [2.24, 2.45) is 5.92 Å². The van der Waals surface area contributed by atoms with E-state index in [4.69, 9.17) is 5.11 Å². The molecule has 0 bridgehead atoms. The smallest absolute Gasteiger partial charge is 0.309 e. The van der Waals surface area contributed by atoms with Gasteiger partial charge >= 0.3 is 5.97 Å². The number of carbonyl (C=O) groups is 1. The van der Waals surface area contributed by atoms with E-state index in [9.17, 15) is 4.79 Å². The molecule has 2 rings (SSSR count). The van der Waals surface area contributed by atoms with Crippen LogP contribution in [0.2, 0.25) is 0 Å². The number of carboxylic acid groups (broad SMARTS) is 1. The molecule has 1 fully saturated rings. The van der Waals surface area contributed by atoms with Gasteiger partial charge in [0.1, 0.15) is 0 Å². The van der Waals surface area contributed by atoms with Gasteiger partial charge in [-0.2, -0.15) is 0 Å². The molecule has 1 aromatic rings. The summed E-state index contributed by atoms with van der Waals surface area (Å²) < 4.78 is 0. The van der Waals surface area contributed by atoms with Crippen molar-refractivity contribution >= 4 is 22.4 Å². The molecule has 4 nitrogen and oxygen atoms in total. The third-order valence-electron chi connectivity index (χ3n) is 3.01. The van der Waals surface area contributed by atoms with Crippen molar-refractivity contribution < 1.29 is 9.90 Å². The van der Waals surface area contributed by atoms with Gasteiger partial charge in [-0.3, -0.25) is 4.79 Å². The number of aliphatic carboxylic acids is 1. The number of aromatic nitrogens is 1. The van der Waals surface area contributed by atoms with E-state index < -0.39 is 5.97 Å². The second kappa shape index (κ2) is 4.82. The minimum absolute atomic E-state index is 0.0293. The van der Waals surface area contributed by atoms with E-state index in [1.165, 1.54) is 12.8 Å². The summed E-state index contributed by atoms with van der Waals surface area (Å²) >= 11 is 1.55. The van der Waals surface area contributed by atoms with Gasteiger partial charge in [0.05, 0.1) is 12.1 Å². The normalized spacial score (nSPS) is 20.3. The molecular weight excluding hydrogens is 224 g/mol. The average molecular weight is 240 g/mol. The van der Waals surface area contributed by atoms with Crippen molar-refractivity contribution in [1.82, 2.24) is 4.98 Å². The molecule has 0 saturated carbocycles. The molecule has 1 aliphatic heterocycles. The standard InChI is InChI=1S/C11H16N2O2S/c1-2-8-3-4-13(6-8)11-12-9(7-16-11)5-10(14)15/h7-8H,2-6H2,1H3,(H,14,15). The van der Waals surface area contributed by atoms with Crippen LogP contribution in [0, 0.1) is 5.92 Å². The Bertz CT molecular complexity index is 378. The van der Waals surface area contributed by atoms with E-state index in [1.54, 1.807) is 11.3 Å². The maximum Gasteiger partial charge on any atom is 0.309 e. The van der Waals surface area contributed by atoms with Crippen molar-refractivity contribution in [1.29, 1.82) is 0 Å². The molecule has 16 heavy (non-hydrogen) atoms. The number of hydrogen-bond donors (Lipinski definition) is 1. The fourth-order valence-electron chi connectivity index (χ4n) is 2.02. The zero-order valence-corrected chi connectivity index (χ0v) is 10.2. The van der Waals surface area contributed by atoms with Crippen molar-refractivity contribution in [2.75, 3.05) is 18.0 Å². The molecule has 1 aliphatic rings. The van der Waals surface area contributed by atoms with Gasteiger partial charge in [0.15, 0.2) is 5.13 Å². The van der Waals surface area contributed by atoms with E-state index >= 15 is 0 Å². The summed E-state index contributed by atoms with van der Waals surface area (Å²) in [6.07, 6.45) is 2.47. The van der Waals surface area contributed by atoms with Crippen molar-refractivity contribution in [2.45, 2.75) is 26.2 Å². The molecule has 0 spiro atoms. The molecule has 1 unspecified atom stereocenters. The minimum Gasteiger partial charge on any atom is -0.481 e. The Morgan fingerprint density at radius 2 is 2.56 bits per heavy atom. The number of nitrogens with zero attached hydrogens (tertiary/aromatic N) is 2. The molecule has 0 amide bonds. The van der Waals surface area contributed by atoms with Gasteiger partial charge in [-0.05, 0) is 12.3 Å². The van der Waals surface area contributed by atoms with Gasteiger partial charge in [0.25, 0.3) is 0 Å². The molecule has 1 aromatic heterocycles. The SMILES string of the molecule is CCC1CCN(c2nc(CC(=O)O)cs2)C1. The predicted octanol–water partition coefficient (Wildman–Crippen LogP) is 2.01. The van der Waals surface area contributed by atoms with Crippen LogP contribution in [0.25, 0.3) is 0 Å². The Morgan fingerprint density at radius 1 is 1.75 bits per heavy atom. The van der Waals surface area contributed by atoms with Gasteiger partial charge in [0.2, 0.25) is 0 Å². The maximum atomic E-state index is 10.5. The zero-order valence-electron chi connectivity index (χ0n) is 9.35. The molecule has 1 atom stereocenters. The number of hydrogen-bond acceptors (Lipinski definition) is 4. The lowest BCUT2D eigenvalue weighted by atomic mass is 10.1. The largest absolute Gasteiger partial charge is 0.481 e. The summed E-state index contributed by atoms with van der Waals surface area (Å²) in [5.41, 5.74) is 0.674. The maximum absolute atomic E-state index is 10.5. The highest BCUT2D eigenvalue weighted by Gasteiger charge is 2.23. The van der Waals surface area contributed by atoms with E-state index in [1.807, 2.05) is 5.38 Å². The molecule has 0 aliphatic carbocycles. The molecule has 88 valence electrons. The lowest BCUT2D eigenvalue weighted by Gasteiger charge is -2.13. The van der Waals surface area contributed by atoms with Crippen LogP contribution in [0.3, 0.4) is 0 Å². The quantitative estimate of drug-likeness (QED) is 0.874. The van der Waals surface area contributed by atoms with E-state index in [0.717, 1.165) is 24.1 Å². The van der Waals surface area contributed by atoms with Crippen LogP contribution in [0.15, 0.2) is 5.38 Å². The van der Waals surface area contributed by atoms with Crippen LogP contribution in [0.4, 0.5) is 5.13 Å². The summed E-state index contributed by atoms with van der Waals surface area (Å²) in [5, 5.41) is 11.5. The first-order chi connectivity index (χ1) is 7.69. The Balaban J connectivity index is 1.99. The van der Waals surface area contributed by atoms with Crippen LogP contribution in [0.5, 0.6) is 0 Å². The first-order valence-electron chi connectivity index (χ1n) is 5.60. The van der Waals surface area contributed by atoms with Gasteiger partial charge in [-0.15, -0.1) is 11.3 Å². The Kier molecular flexibility index (Phi) is 3.43. The zero-order chi connectivity index (χ0) is 11.5. The monoisotopic (exact) mass is 240 g/mol. The third-order valence-corrected chi connectivity index (χ3v) is 3.96. The fourth-order valence-corrected chi connectivity index (χ4v) is 2.88. The molecule has 0 aromatic carbocycles. The number of rotatable bonds is 4. The van der Waals surface area contributed by atoms with Crippen LogP contribution < -0.4 is 4.90 Å². The first-order valence-corrected chi connectivity index (χ1v) is 6.48.